The second kappa shape index (κ2) is 8.11. The van der Waals surface area contributed by atoms with Crippen molar-refractivity contribution in [3.63, 3.8) is 0 Å². The second-order valence-corrected chi connectivity index (χ2v) is 8.22. The highest BCUT2D eigenvalue weighted by atomic mass is 32.1. The van der Waals surface area contributed by atoms with Crippen LogP contribution >= 0.6 is 11.3 Å². The van der Waals surface area contributed by atoms with Crippen molar-refractivity contribution in [3.8, 4) is 11.3 Å². The lowest BCUT2D eigenvalue weighted by molar-refractivity contribution is 0.261. The van der Waals surface area contributed by atoms with E-state index in [2.05, 4.69) is 70.2 Å². The lowest BCUT2D eigenvalue weighted by Crippen LogP contribution is -2.46. The fraction of sp³-hybridized carbons (Fsp3) is 0.318. The van der Waals surface area contributed by atoms with Crippen molar-refractivity contribution in [1.29, 1.82) is 0 Å². The van der Waals surface area contributed by atoms with Crippen molar-refractivity contribution < 1.29 is 0 Å². The quantitative estimate of drug-likeness (QED) is 0.727. The smallest absolute Gasteiger partial charge is 0.180 e. The molecule has 2 aromatic carbocycles. The topological polar surface area (TPSA) is 45.4 Å². The number of benzene rings is 2. The average Bonchev–Trinajstić information content (AvgIpc) is 3.09. The minimum absolute atomic E-state index is 0.660. The van der Waals surface area contributed by atoms with Crippen molar-refractivity contribution in [2.24, 2.45) is 0 Å². The highest BCUT2D eigenvalue weighted by molar-refractivity contribution is 7.15. The van der Waals surface area contributed by atoms with Gasteiger partial charge in [0.05, 0.1) is 5.69 Å². The molecule has 4 nitrogen and oxygen atoms in total. The van der Waals surface area contributed by atoms with Crippen molar-refractivity contribution >= 4 is 22.2 Å². The van der Waals surface area contributed by atoms with Gasteiger partial charge in [-0.25, -0.2) is 4.98 Å². The van der Waals surface area contributed by atoms with Gasteiger partial charge in [0, 0.05) is 48.9 Å². The van der Waals surface area contributed by atoms with Gasteiger partial charge < -0.3 is 10.6 Å². The number of anilines is 2. The van der Waals surface area contributed by atoms with Gasteiger partial charge in [0.2, 0.25) is 0 Å². The molecule has 0 bridgehead atoms. The maximum Gasteiger partial charge on any atom is 0.180 e. The minimum atomic E-state index is 0.660. The van der Waals surface area contributed by atoms with Crippen LogP contribution < -0.4 is 10.6 Å². The number of nitrogens with two attached hydrogens (primary N) is 1. The Morgan fingerprint density at radius 2 is 1.67 bits per heavy atom. The molecule has 0 spiro atoms. The van der Waals surface area contributed by atoms with Crippen LogP contribution in [0.5, 0.6) is 0 Å². The van der Waals surface area contributed by atoms with Crippen molar-refractivity contribution in [3.05, 3.63) is 65.0 Å². The summed E-state index contributed by atoms with van der Waals surface area (Å²) in [6, 6.07) is 19.2. The molecule has 0 unspecified atom stereocenters. The van der Waals surface area contributed by atoms with Gasteiger partial charge in [-0.05, 0) is 25.5 Å². The number of nitrogens with zero attached hydrogens (tertiary/aromatic N) is 3. The molecule has 1 fully saturated rings. The van der Waals surface area contributed by atoms with Crippen LogP contribution in [-0.2, 0) is 6.42 Å². The molecule has 1 aliphatic heterocycles. The van der Waals surface area contributed by atoms with E-state index in [1.165, 1.54) is 16.1 Å². The van der Waals surface area contributed by atoms with Gasteiger partial charge in [-0.3, -0.25) is 4.90 Å². The molecule has 0 saturated carbocycles. The number of hydrogen-bond donors (Lipinski definition) is 1. The molecule has 140 valence electrons. The molecular formula is C22H26N4S. The van der Waals surface area contributed by atoms with Gasteiger partial charge in [-0.1, -0.05) is 48.0 Å². The van der Waals surface area contributed by atoms with E-state index in [0.717, 1.165) is 50.4 Å². The third-order valence-electron chi connectivity index (χ3n) is 5.19. The molecule has 1 saturated heterocycles. The summed E-state index contributed by atoms with van der Waals surface area (Å²) >= 11 is 1.63. The maximum absolute atomic E-state index is 6.01. The molecule has 0 aliphatic carbocycles. The van der Waals surface area contributed by atoms with Gasteiger partial charge in [-0.15, -0.1) is 11.3 Å². The van der Waals surface area contributed by atoms with Crippen LogP contribution in [-0.4, -0.2) is 42.6 Å². The van der Waals surface area contributed by atoms with Crippen LogP contribution in [0.15, 0.2) is 54.6 Å². The van der Waals surface area contributed by atoms with Gasteiger partial charge in [0.25, 0.3) is 0 Å². The Morgan fingerprint density at radius 3 is 2.37 bits per heavy atom. The first-order chi connectivity index (χ1) is 13.2. The summed E-state index contributed by atoms with van der Waals surface area (Å²) in [4.78, 5) is 10.9. The summed E-state index contributed by atoms with van der Waals surface area (Å²) in [5.74, 6) is 0. The SMILES string of the molecule is Cc1ccc(N2CCN(CCc3sc(N)nc3-c3ccccc3)CC2)cc1. The van der Waals surface area contributed by atoms with Crippen molar-refractivity contribution in [2.75, 3.05) is 43.4 Å². The minimum Gasteiger partial charge on any atom is -0.375 e. The Morgan fingerprint density at radius 1 is 0.963 bits per heavy atom. The van der Waals surface area contributed by atoms with E-state index < -0.39 is 0 Å². The fourth-order valence-corrected chi connectivity index (χ4v) is 4.45. The molecule has 0 atom stereocenters. The third-order valence-corrected chi connectivity index (χ3v) is 6.13. The van der Waals surface area contributed by atoms with Crippen LogP contribution in [0.2, 0.25) is 0 Å². The molecular weight excluding hydrogens is 352 g/mol. The number of aryl methyl sites for hydroxylation is 1. The van der Waals surface area contributed by atoms with E-state index in [1.54, 1.807) is 11.3 Å². The van der Waals surface area contributed by atoms with Crippen LogP contribution in [0.3, 0.4) is 0 Å². The molecule has 1 aliphatic rings. The highest BCUT2D eigenvalue weighted by Crippen LogP contribution is 2.30. The highest BCUT2D eigenvalue weighted by Gasteiger charge is 2.18. The Kier molecular flexibility index (Phi) is 5.41. The number of thiazole rings is 1. The van der Waals surface area contributed by atoms with E-state index in [0.29, 0.717) is 5.13 Å². The van der Waals surface area contributed by atoms with E-state index >= 15 is 0 Å². The monoisotopic (exact) mass is 378 g/mol. The first-order valence-corrected chi connectivity index (χ1v) is 10.4. The number of rotatable bonds is 5. The molecule has 1 aromatic heterocycles. The zero-order chi connectivity index (χ0) is 18.6. The van der Waals surface area contributed by atoms with Crippen molar-refractivity contribution in [2.45, 2.75) is 13.3 Å². The lowest BCUT2D eigenvalue weighted by Gasteiger charge is -2.36. The van der Waals surface area contributed by atoms with Crippen LogP contribution in [0.4, 0.5) is 10.8 Å². The summed E-state index contributed by atoms with van der Waals surface area (Å²) in [7, 11) is 0. The Labute approximate surface area is 165 Å². The molecule has 3 aromatic rings. The molecule has 27 heavy (non-hydrogen) atoms. The van der Waals surface area contributed by atoms with Gasteiger partial charge in [0.1, 0.15) is 0 Å². The molecule has 2 N–H and O–H groups in total. The first kappa shape index (κ1) is 18.0. The number of aromatic nitrogens is 1. The van der Waals surface area contributed by atoms with E-state index in [4.69, 9.17) is 5.73 Å². The predicted molar refractivity (Wildman–Crippen MR) is 115 cm³/mol. The molecule has 5 heteroatoms. The predicted octanol–water partition coefficient (Wildman–Crippen LogP) is 4.07. The Hall–Kier alpha value is -2.37. The van der Waals surface area contributed by atoms with Gasteiger partial charge in [0.15, 0.2) is 5.13 Å². The summed E-state index contributed by atoms with van der Waals surface area (Å²) in [5, 5.41) is 0.660. The summed E-state index contributed by atoms with van der Waals surface area (Å²) in [6.07, 6.45) is 1.00. The largest absolute Gasteiger partial charge is 0.375 e. The molecule has 0 amide bonds. The molecule has 4 rings (SSSR count). The zero-order valence-electron chi connectivity index (χ0n) is 15.8. The Balaban J connectivity index is 1.35. The average molecular weight is 379 g/mol. The maximum atomic E-state index is 6.01. The van der Waals surface area contributed by atoms with E-state index in [1.807, 2.05) is 6.07 Å². The normalized spacial score (nSPS) is 15.2. The zero-order valence-corrected chi connectivity index (χ0v) is 16.6. The standard InChI is InChI=1S/C22H26N4S/c1-17-7-9-19(10-8-17)26-15-13-25(14-16-26)12-11-20-21(24-22(23)27-20)18-5-3-2-4-6-18/h2-10H,11-16H2,1H3,(H2,23,24). The van der Waals surface area contributed by atoms with Gasteiger partial charge in [-0.2, -0.15) is 0 Å². The fourth-order valence-electron chi connectivity index (χ4n) is 3.61. The number of nitrogen functional groups attached to an aromatic ring is 1. The number of piperazine rings is 1. The summed E-state index contributed by atoms with van der Waals surface area (Å²) in [5.41, 5.74) is 10.9. The number of hydrogen-bond acceptors (Lipinski definition) is 5. The Bertz CT molecular complexity index is 865. The summed E-state index contributed by atoms with van der Waals surface area (Å²) < 4.78 is 0. The summed E-state index contributed by atoms with van der Waals surface area (Å²) in [6.45, 7) is 7.56. The van der Waals surface area contributed by atoms with Crippen LogP contribution in [0, 0.1) is 6.92 Å². The molecule has 2 heterocycles. The van der Waals surface area contributed by atoms with E-state index in [9.17, 15) is 0 Å². The van der Waals surface area contributed by atoms with Gasteiger partial charge >= 0.3 is 0 Å². The van der Waals surface area contributed by atoms with Crippen LogP contribution in [0.1, 0.15) is 10.4 Å². The first-order valence-electron chi connectivity index (χ1n) is 9.53. The molecule has 0 radical (unpaired) electrons. The van der Waals surface area contributed by atoms with Crippen molar-refractivity contribution in [1.82, 2.24) is 9.88 Å². The lowest BCUT2D eigenvalue weighted by atomic mass is 10.1. The van der Waals surface area contributed by atoms with E-state index in [-0.39, 0.29) is 0 Å². The second-order valence-electron chi connectivity index (χ2n) is 7.10. The van der Waals surface area contributed by atoms with Crippen LogP contribution in [0.25, 0.3) is 11.3 Å². The third kappa shape index (κ3) is 4.31.